The fourth-order valence-electron chi connectivity index (χ4n) is 4.21. The molecule has 1 N–H and O–H groups in total. The molecule has 0 bridgehead atoms. The van der Waals surface area contributed by atoms with Crippen molar-refractivity contribution in [1.29, 1.82) is 0 Å². The predicted molar refractivity (Wildman–Crippen MR) is 138 cm³/mol. The van der Waals surface area contributed by atoms with E-state index in [0.29, 0.717) is 10.1 Å². The Bertz CT molecular complexity index is 1290. The summed E-state index contributed by atoms with van der Waals surface area (Å²) in [7, 11) is 0. The molecule has 0 unspecified atom stereocenters. The Kier molecular flexibility index (Phi) is 5.76. The molecule has 7 heteroatoms. The molecule has 2 aromatic heterocycles. The molecule has 0 radical (unpaired) electrons. The fourth-order valence-corrected chi connectivity index (χ4v) is 4.99. The molecule has 2 atom stereocenters. The fraction of sp³-hybridized carbons (Fsp3) is 0.120. The van der Waals surface area contributed by atoms with E-state index in [2.05, 4.69) is 85.2 Å². The lowest BCUT2D eigenvalue weighted by Gasteiger charge is -2.29. The van der Waals surface area contributed by atoms with Crippen LogP contribution >= 0.6 is 39.7 Å². The van der Waals surface area contributed by atoms with Crippen LogP contribution in [0, 0.1) is 6.92 Å². The third kappa shape index (κ3) is 3.83. The Morgan fingerprint density at radius 2 is 1.88 bits per heavy atom. The Labute approximate surface area is 206 Å². The van der Waals surface area contributed by atoms with Crippen molar-refractivity contribution in [2.24, 2.45) is 0 Å². The zero-order valence-electron chi connectivity index (χ0n) is 17.2. The number of halogens is 2. The molecule has 4 aromatic rings. The number of hydrogen-bond acceptors (Lipinski definition) is 2. The Balaban J connectivity index is 1.68. The van der Waals surface area contributed by atoms with Crippen LogP contribution in [0.15, 0.2) is 89.7 Å². The number of nitrogens with zero attached hydrogens (tertiary/aromatic N) is 3. The average Bonchev–Trinajstić information content (AvgIpc) is 3.40. The van der Waals surface area contributed by atoms with E-state index < -0.39 is 0 Å². The normalized spacial score (nSPS) is 18.1. The van der Waals surface area contributed by atoms with Gasteiger partial charge in [0.15, 0.2) is 5.11 Å². The van der Waals surface area contributed by atoms with Crippen molar-refractivity contribution in [3.05, 3.63) is 112 Å². The van der Waals surface area contributed by atoms with E-state index in [0.717, 1.165) is 32.8 Å². The minimum Gasteiger partial charge on any atom is -0.351 e. The van der Waals surface area contributed by atoms with Gasteiger partial charge >= 0.3 is 0 Å². The van der Waals surface area contributed by atoms with Crippen molar-refractivity contribution >= 4 is 50.5 Å². The average molecular weight is 524 g/mol. The lowest BCUT2D eigenvalue weighted by Crippen LogP contribution is -2.30. The van der Waals surface area contributed by atoms with Gasteiger partial charge in [0.05, 0.1) is 11.7 Å². The standard InChI is InChI=1S/C25H20BrClN4S/c1-16-14-19(10-11-20(16)26)31-24(23(29-25(31)32)21-8-2-3-12-28-21)22-9-5-13-30(22)18-7-4-6-17(27)15-18/h2-15,23-24H,1H3,(H,29,32)/t23-,24+/m1/s1. The molecule has 0 aliphatic carbocycles. The third-order valence-corrected chi connectivity index (χ3v) is 7.13. The quantitative estimate of drug-likeness (QED) is 0.299. The molecule has 1 saturated heterocycles. The number of benzene rings is 2. The highest BCUT2D eigenvalue weighted by atomic mass is 79.9. The summed E-state index contributed by atoms with van der Waals surface area (Å²) in [6.45, 7) is 2.08. The van der Waals surface area contributed by atoms with Crippen LogP contribution in [0.2, 0.25) is 5.02 Å². The third-order valence-electron chi connectivity index (χ3n) is 5.69. The summed E-state index contributed by atoms with van der Waals surface area (Å²) in [5.41, 5.74) is 5.22. The van der Waals surface area contributed by atoms with Crippen molar-refractivity contribution in [2.45, 2.75) is 19.0 Å². The van der Waals surface area contributed by atoms with E-state index in [1.807, 2.05) is 42.6 Å². The molecule has 5 rings (SSSR count). The molecule has 2 aromatic carbocycles. The van der Waals surface area contributed by atoms with Crippen LogP contribution < -0.4 is 10.2 Å². The van der Waals surface area contributed by atoms with Crippen LogP contribution in [0.4, 0.5) is 5.69 Å². The Morgan fingerprint density at radius 3 is 2.62 bits per heavy atom. The van der Waals surface area contributed by atoms with Gasteiger partial charge in [0.25, 0.3) is 0 Å². The second-order valence-corrected chi connectivity index (χ2v) is 9.39. The van der Waals surface area contributed by atoms with E-state index in [4.69, 9.17) is 23.8 Å². The highest BCUT2D eigenvalue weighted by Crippen LogP contribution is 2.42. The highest BCUT2D eigenvalue weighted by molar-refractivity contribution is 9.10. The molecule has 32 heavy (non-hydrogen) atoms. The molecular weight excluding hydrogens is 504 g/mol. The van der Waals surface area contributed by atoms with E-state index in [1.165, 1.54) is 0 Å². The molecule has 3 heterocycles. The lowest BCUT2D eigenvalue weighted by molar-refractivity contribution is 0.549. The number of pyridine rings is 1. The molecular formula is C25H20BrClN4S. The number of rotatable bonds is 4. The van der Waals surface area contributed by atoms with Crippen LogP contribution in [0.3, 0.4) is 0 Å². The van der Waals surface area contributed by atoms with Gasteiger partial charge < -0.3 is 14.8 Å². The monoisotopic (exact) mass is 522 g/mol. The van der Waals surface area contributed by atoms with Gasteiger partial charge in [-0.15, -0.1) is 0 Å². The second-order valence-electron chi connectivity index (χ2n) is 7.71. The summed E-state index contributed by atoms with van der Waals surface area (Å²) in [4.78, 5) is 6.83. The summed E-state index contributed by atoms with van der Waals surface area (Å²) in [5.74, 6) is 0. The number of hydrogen-bond donors (Lipinski definition) is 1. The number of anilines is 1. The maximum absolute atomic E-state index is 6.31. The second kappa shape index (κ2) is 8.70. The van der Waals surface area contributed by atoms with E-state index in [9.17, 15) is 0 Å². The zero-order chi connectivity index (χ0) is 22.2. The van der Waals surface area contributed by atoms with Crippen LogP contribution in [-0.2, 0) is 0 Å². The van der Waals surface area contributed by atoms with Crippen LogP contribution in [0.1, 0.15) is 29.0 Å². The summed E-state index contributed by atoms with van der Waals surface area (Å²) >= 11 is 15.8. The maximum Gasteiger partial charge on any atom is 0.174 e. The first-order valence-electron chi connectivity index (χ1n) is 10.2. The Hall–Kier alpha value is -2.67. The smallest absolute Gasteiger partial charge is 0.174 e. The van der Waals surface area contributed by atoms with Crippen LogP contribution in [0.5, 0.6) is 0 Å². The molecule has 0 spiro atoms. The summed E-state index contributed by atoms with van der Waals surface area (Å²) in [6, 6.07) is 24.1. The zero-order valence-corrected chi connectivity index (χ0v) is 20.4. The topological polar surface area (TPSA) is 33.1 Å². The van der Waals surface area contributed by atoms with Gasteiger partial charge in [0, 0.05) is 39.0 Å². The minimum absolute atomic E-state index is 0.105. The van der Waals surface area contributed by atoms with Gasteiger partial charge in [0.1, 0.15) is 6.04 Å². The maximum atomic E-state index is 6.31. The van der Waals surface area contributed by atoms with E-state index in [1.54, 1.807) is 0 Å². The van der Waals surface area contributed by atoms with Crippen molar-refractivity contribution in [3.8, 4) is 5.69 Å². The molecule has 160 valence electrons. The van der Waals surface area contributed by atoms with Crippen LogP contribution in [-0.4, -0.2) is 14.7 Å². The van der Waals surface area contributed by atoms with Gasteiger partial charge in [-0.3, -0.25) is 4.98 Å². The molecule has 0 amide bonds. The first kappa shape index (κ1) is 21.2. The largest absolute Gasteiger partial charge is 0.351 e. The van der Waals surface area contributed by atoms with Gasteiger partial charge in [-0.25, -0.2) is 0 Å². The minimum atomic E-state index is -0.111. The van der Waals surface area contributed by atoms with Gasteiger partial charge in [0.2, 0.25) is 0 Å². The van der Waals surface area contributed by atoms with Crippen molar-refractivity contribution in [1.82, 2.24) is 14.9 Å². The van der Waals surface area contributed by atoms with Crippen LogP contribution in [0.25, 0.3) is 5.69 Å². The van der Waals surface area contributed by atoms with Crippen molar-refractivity contribution in [3.63, 3.8) is 0 Å². The van der Waals surface area contributed by atoms with Gasteiger partial charge in [-0.2, -0.15) is 0 Å². The number of aryl methyl sites for hydroxylation is 1. The number of thiocarbonyl (C=S) groups is 1. The van der Waals surface area contributed by atoms with Crippen molar-refractivity contribution < 1.29 is 0 Å². The molecule has 1 fully saturated rings. The Morgan fingerprint density at radius 1 is 1.00 bits per heavy atom. The molecule has 1 aliphatic rings. The predicted octanol–water partition coefficient (Wildman–Crippen LogP) is 6.77. The number of aromatic nitrogens is 2. The molecule has 0 saturated carbocycles. The molecule has 1 aliphatic heterocycles. The van der Waals surface area contributed by atoms with Gasteiger partial charge in [-0.1, -0.05) is 39.7 Å². The first-order valence-corrected chi connectivity index (χ1v) is 11.8. The SMILES string of the molecule is Cc1cc(N2C(=S)N[C@H](c3ccccn3)[C@@H]2c2cccn2-c2cccc(Cl)c2)ccc1Br. The van der Waals surface area contributed by atoms with E-state index >= 15 is 0 Å². The lowest BCUT2D eigenvalue weighted by atomic mass is 10.0. The van der Waals surface area contributed by atoms with Crippen molar-refractivity contribution in [2.75, 3.05) is 4.90 Å². The molecule has 4 nitrogen and oxygen atoms in total. The van der Waals surface area contributed by atoms with Gasteiger partial charge in [-0.05, 0) is 85.4 Å². The van der Waals surface area contributed by atoms with E-state index in [-0.39, 0.29) is 12.1 Å². The summed E-state index contributed by atoms with van der Waals surface area (Å²) < 4.78 is 3.24. The highest BCUT2D eigenvalue weighted by Gasteiger charge is 2.42. The summed E-state index contributed by atoms with van der Waals surface area (Å²) in [6.07, 6.45) is 3.88. The number of nitrogens with one attached hydrogen (secondary N) is 1. The summed E-state index contributed by atoms with van der Waals surface area (Å²) in [5, 5.41) is 4.90. The first-order chi connectivity index (χ1) is 15.5.